The number of fused-ring (bicyclic) bond motifs is 1. The van der Waals surface area contributed by atoms with Crippen LogP contribution >= 0.6 is 11.3 Å². The molecular weight excluding hydrogens is 275 g/mol. The van der Waals surface area contributed by atoms with Gasteiger partial charge in [0.15, 0.2) is 0 Å². The van der Waals surface area contributed by atoms with Gasteiger partial charge in [-0.25, -0.2) is 4.39 Å². The zero-order valence-electron chi connectivity index (χ0n) is 11.8. The van der Waals surface area contributed by atoms with Crippen LogP contribution in [0.4, 0.5) is 9.39 Å². The van der Waals surface area contributed by atoms with Crippen LogP contribution in [-0.4, -0.2) is 5.91 Å². The topological polar surface area (TPSA) is 52.9 Å². The Morgan fingerprint density at radius 3 is 2.55 bits per heavy atom. The van der Waals surface area contributed by atoms with Crippen molar-refractivity contribution < 1.29 is 9.18 Å². The second kappa shape index (κ2) is 4.88. The molecule has 0 saturated carbocycles. The number of halogens is 1. The molecule has 5 heteroatoms. The fourth-order valence-electron chi connectivity index (χ4n) is 2.15. The van der Waals surface area contributed by atoms with Gasteiger partial charge >= 0.3 is 0 Å². The lowest BCUT2D eigenvalue weighted by molar-refractivity contribution is -0.114. The average molecular weight is 290 g/mol. The number of carbonyl (C=O) groups is 1. The predicted molar refractivity (Wildman–Crippen MR) is 79.5 cm³/mol. The third-order valence-corrected chi connectivity index (χ3v) is 4.11. The molecule has 1 amide bonds. The van der Waals surface area contributed by atoms with Gasteiger partial charge in [-0.15, -0.1) is 11.3 Å². The Hall–Kier alpha value is -1.93. The largest absolute Gasteiger partial charge is 0.317 e. The van der Waals surface area contributed by atoms with Crippen LogP contribution in [0.2, 0.25) is 0 Å². The Balaban J connectivity index is 2.87. The summed E-state index contributed by atoms with van der Waals surface area (Å²) in [7, 11) is 0. The van der Waals surface area contributed by atoms with Crippen LogP contribution in [-0.2, 0) is 10.2 Å². The van der Waals surface area contributed by atoms with Crippen molar-refractivity contribution in [3.63, 3.8) is 0 Å². The van der Waals surface area contributed by atoms with E-state index >= 15 is 0 Å². The van der Waals surface area contributed by atoms with Crippen molar-refractivity contribution in [1.82, 2.24) is 0 Å². The fraction of sp³-hybridized carbons (Fsp3) is 0.333. The number of hydrogen-bond donors (Lipinski definition) is 1. The molecule has 0 saturated heterocycles. The van der Waals surface area contributed by atoms with Gasteiger partial charge in [-0.2, -0.15) is 5.26 Å². The molecule has 1 aromatic heterocycles. The molecule has 0 aliphatic heterocycles. The molecule has 3 nitrogen and oxygen atoms in total. The third kappa shape index (κ3) is 2.39. The summed E-state index contributed by atoms with van der Waals surface area (Å²) in [4.78, 5) is 11.2. The third-order valence-electron chi connectivity index (χ3n) is 3.00. The number of amides is 1. The molecule has 1 aromatic carbocycles. The fourth-order valence-corrected chi connectivity index (χ4v) is 3.28. The van der Waals surface area contributed by atoms with E-state index in [9.17, 15) is 14.4 Å². The summed E-state index contributed by atoms with van der Waals surface area (Å²) in [5.74, 6) is -0.642. The summed E-state index contributed by atoms with van der Waals surface area (Å²) in [6.45, 7) is 7.40. The number of thiophene rings is 1. The van der Waals surface area contributed by atoms with Crippen molar-refractivity contribution in [3.05, 3.63) is 29.1 Å². The highest BCUT2D eigenvalue weighted by molar-refractivity contribution is 7.23. The minimum Gasteiger partial charge on any atom is -0.317 e. The summed E-state index contributed by atoms with van der Waals surface area (Å²) in [5, 5.41) is 13.0. The minimum absolute atomic E-state index is 0.216. The molecule has 0 unspecified atom stereocenters. The van der Waals surface area contributed by atoms with Crippen LogP contribution in [0.25, 0.3) is 10.1 Å². The number of hydrogen-bond acceptors (Lipinski definition) is 3. The SMILES string of the molecule is CC(=O)Nc1sc2c(F)ccc(C(C)(C)C)c2c1C#N. The number of anilines is 1. The zero-order valence-corrected chi connectivity index (χ0v) is 12.6. The Morgan fingerprint density at radius 1 is 1.40 bits per heavy atom. The van der Waals surface area contributed by atoms with E-state index in [-0.39, 0.29) is 17.1 Å². The standard InChI is InChI=1S/C15H15FN2OS/c1-8(19)18-14-9(7-17)12-10(15(2,3)4)5-6-11(16)13(12)20-14/h5-6H,1-4H3,(H,18,19). The lowest BCUT2D eigenvalue weighted by atomic mass is 9.84. The van der Waals surface area contributed by atoms with E-state index in [0.29, 0.717) is 20.7 Å². The van der Waals surface area contributed by atoms with Gasteiger partial charge in [-0.3, -0.25) is 4.79 Å². The molecule has 20 heavy (non-hydrogen) atoms. The van der Waals surface area contributed by atoms with E-state index in [0.717, 1.165) is 16.9 Å². The first-order valence-electron chi connectivity index (χ1n) is 6.19. The molecule has 1 N–H and O–H groups in total. The van der Waals surface area contributed by atoms with Crippen molar-refractivity contribution in [1.29, 1.82) is 5.26 Å². The van der Waals surface area contributed by atoms with E-state index in [1.807, 2.05) is 20.8 Å². The lowest BCUT2D eigenvalue weighted by Gasteiger charge is -2.20. The first-order valence-corrected chi connectivity index (χ1v) is 7.00. The van der Waals surface area contributed by atoms with Gasteiger partial charge in [-0.1, -0.05) is 26.8 Å². The molecular formula is C15H15FN2OS. The van der Waals surface area contributed by atoms with Crippen molar-refractivity contribution in [2.75, 3.05) is 5.32 Å². The molecule has 0 atom stereocenters. The normalized spacial score (nSPS) is 11.4. The van der Waals surface area contributed by atoms with Gasteiger partial charge in [0.05, 0.1) is 10.3 Å². The van der Waals surface area contributed by atoms with Crippen LogP contribution in [0.5, 0.6) is 0 Å². The van der Waals surface area contributed by atoms with Gasteiger partial charge in [0.2, 0.25) is 5.91 Å². The van der Waals surface area contributed by atoms with E-state index in [4.69, 9.17) is 0 Å². The summed E-state index contributed by atoms with van der Waals surface area (Å²) in [5.41, 5.74) is 1.02. The maximum absolute atomic E-state index is 14.0. The predicted octanol–water partition coefficient (Wildman–Crippen LogP) is 4.17. The maximum Gasteiger partial charge on any atom is 0.221 e. The average Bonchev–Trinajstić information content (AvgIpc) is 2.65. The molecule has 2 aromatic rings. The van der Waals surface area contributed by atoms with Crippen molar-refractivity contribution in [3.8, 4) is 6.07 Å². The smallest absolute Gasteiger partial charge is 0.221 e. The number of nitriles is 1. The maximum atomic E-state index is 14.0. The van der Waals surface area contributed by atoms with Crippen LogP contribution in [0.3, 0.4) is 0 Å². The van der Waals surface area contributed by atoms with Gasteiger partial charge in [0.1, 0.15) is 16.9 Å². The van der Waals surface area contributed by atoms with Gasteiger partial charge in [0.25, 0.3) is 0 Å². The summed E-state index contributed by atoms with van der Waals surface area (Å²) < 4.78 is 14.4. The molecule has 0 spiro atoms. The van der Waals surface area contributed by atoms with Gasteiger partial charge in [0, 0.05) is 12.3 Å². The highest BCUT2D eigenvalue weighted by Gasteiger charge is 2.24. The van der Waals surface area contributed by atoms with Crippen LogP contribution in [0.1, 0.15) is 38.8 Å². The number of benzene rings is 1. The quantitative estimate of drug-likeness (QED) is 0.857. The second-order valence-corrected chi connectivity index (χ2v) is 6.67. The van der Waals surface area contributed by atoms with Gasteiger partial charge < -0.3 is 5.32 Å². The first kappa shape index (κ1) is 14.5. The van der Waals surface area contributed by atoms with Crippen molar-refractivity contribution in [2.24, 2.45) is 0 Å². The molecule has 0 aliphatic rings. The van der Waals surface area contributed by atoms with Crippen LogP contribution in [0.15, 0.2) is 12.1 Å². The molecule has 2 rings (SSSR count). The van der Waals surface area contributed by atoms with E-state index in [2.05, 4.69) is 11.4 Å². The molecule has 0 fully saturated rings. The van der Waals surface area contributed by atoms with E-state index < -0.39 is 0 Å². The number of carbonyl (C=O) groups excluding carboxylic acids is 1. The lowest BCUT2D eigenvalue weighted by Crippen LogP contribution is -2.12. The van der Waals surface area contributed by atoms with Gasteiger partial charge in [-0.05, 0) is 17.0 Å². The Labute approximate surface area is 121 Å². The monoisotopic (exact) mass is 290 g/mol. The molecule has 104 valence electrons. The van der Waals surface area contributed by atoms with Crippen molar-refractivity contribution >= 4 is 32.3 Å². The molecule has 0 radical (unpaired) electrons. The van der Waals surface area contributed by atoms with Crippen LogP contribution < -0.4 is 5.32 Å². The number of nitrogens with zero attached hydrogens (tertiary/aromatic N) is 1. The summed E-state index contributed by atoms with van der Waals surface area (Å²) in [6, 6.07) is 5.22. The second-order valence-electron chi connectivity index (χ2n) is 5.65. The number of nitrogens with one attached hydrogen (secondary N) is 1. The van der Waals surface area contributed by atoms with Crippen molar-refractivity contribution in [2.45, 2.75) is 33.1 Å². The molecule has 0 aliphatic carbocycles. The summed E-state index contributed by atoms with van der Waals surface area (Å²) in [6.07, 6.45) is 0. The Morgan fingerprint density at radius 2 is 2.05 bits per heavy atom. The Kier molecular flexibility index (Phi) is 3.53. The van der Waals surface area contributed by atoms with Crippen LogP contribution in [0, 0.1) is 17.1 Å². The first-order chi connectivity index (χ1) is 9.25. The van der Waals surface area contributed by atoms with E-state index in [1.54, 1.807) is 6.07 Å². The summed E-state index contributed by atoms with van der Waals surface area (Å²) >= 11 is 1.10. The zero-order chi connectivity index (χ0) is 15.1. The number of rotatable bonds is 1. The highest BCUT2D eigenvalue weighted by atomic mass is 32.1. The van der Waals surface area contributed by atoms with E-state index in [1.165, 1.54) is 13.0 Å². The highest BCUT2D eigenvalue weighted by Crippen LogP contribution is 2.42. The minimum atomic E-state index is -0.369. The Bertz CT molecular complexity index is 735. The molecule has 1 heterocycles. The molecule has 0 bridgehead atoms.